The molecule has 2 unspecified atom stereocenters. The van der Waals surface area contributed by atoms with E-state index in [4.69, 9.17) is 0 Å². The second kappa shape index (κ2) is 59.2. The highest BCUT2D eigenvalue weighted by Gasteiger charge is 2.15. The summed E-state index contributed by atoms with van der Waals surface area (Å²) < 4.78 is 0. The van der Waals surface area contributed by atoms with Gasteiger partial charge in [-0.2, -0.15) is 0 Å². The zero-order valence-electron chi connectivity index (χ0n) is 49.4. The molecule has 0 aliphatic rings. The fraction of sp³-hybridized carbons (Fsp3) is 0.969. The maximum Gasteiger partial charge on any atom is 0.221 e. The molecule has 0 fully saturated rings. The van der Waals surface area contributed by atoms with E-state index in [1.807, 2.05) is 0 Å². The molecular formula is C64H130N4O4. The van der Waals surface area contributed by atoms with E-state index in [0.717, 1.165) is 90.6 Å². The van der Waals surface area contributed by atoms with Gasteiger partial charge in [0.15, 0.2) is 0 Å². The molecular weight excluding hydrogens is 889 g/mol. The van der Waals surface area contributed by atoms with Crippen molar-refractivity contribution in [2.24, 2.45) is 0 Å². The summed E-state index contributed by atoms with van der Waals surface area (Å²) in [7, 11) is 0. The van der Waals surface area contributed by atoms with Crippen molar-refractivity contribution >= 4 is 11.7 Å². The van der Waals surface area contributed by atoms with Crippen LogP contribution in [0.25, 0.3) is 0 Å². The molecule has 430 valence electrons. The SMILES string of the molecule is CCCCCCCCCCCCCCN(CCCCN(CCCCCCCCCCCC)CC(O)CNCCC(=O)NCCCCCCCCCC)CC(O)CCCCC(=O)CCCCCCCCCCC. The Morgan fingerprint density at radius 3 is 1.04 bits per heavy atom. The lowest BCUT2D eigenvalue weighted by molar-refractivity contribution is -0.121. The Balaban J connectivity index is 4.98. The first-order valence-electron chi connectivity index (χ1n) is 32.7. The minimum Gasteiger partial charge on any atom is -0.392 e. The minimum atomic E-state index is -0.462. The van der Waals surface area contributed by atoms with Gasteiger partial charge in [0.05, 0.1) is 12.2 Å². The van der Waals surface area contributed by atoms with Crippen molar-refractivity contribution in [3.63, 3.8) is 0 Å². The molecule has 4 N–H and O–H groups in total. The number of unbranched alkanes of at least 4 members (excludes halogenated alkanes) is 37. The minimum absolute atomic E-state index is 0.106. The van der Waals surface area contributed by atoms with Crippen molar-refractivity contribution in [1.82, 2.24) is 20.4 Å². The number of aliphatic hydroxyl groups is 2. The summed E-state index contributed by atoms with van der Waals surface area (Å²) in [6.45, 7) is 16.4. The van der Waals surface area contributed by atoms with Crippen LogP contribution in [0.2, 0.25) is 0 Å². The van der Waals surface area contributed by atoms with Crippen LogP contribution in [0.4, 0.5) is 0 Å². The van der Waals surface area contributed by atoms with E-state index >= 15 is 0 Å². The average molecular weight is 1020 g/mol. The van der Waals surface area contributed by atoms with Crippen molar-refractivity contribution in [2.75, 3.05) is 58.9 Å². The lowest BCUT2D eigenvalue weighted by Crippen LogP contribution is -2.40. The molecule has 0 aromatic rings. The number of aliphatic hydroxyl groups excluding tert-OH is 2. The van der Waals surface area contributed by atoms with Gasteiger partial charge in [-0.15, -0.1) is 0 Å². The number of ketones is 1. The number of rotatable bonds is 62. The predicted octanol–water partition coefficient (Wildman–Crippen LogP) is 17.0. The van der Waals surface area contributed by atoms with Gasteiger partial charge in [0.25, 0.3) is 0 Å². The summed E-state index contributed by atoms with van der Waals surface area (Å²) in [5.41, 5.74) is 0. The van der Waals surface area contributed by atoms with E-state index < -0.39 is 6.10 Å². The molecule has 0 aliphatic carbocycles. The van der Waals surface area contributed by atoms with Gasteiger partial charge in [-0.05, 0) is 77.5 Å². The van der Waals surface area contributed by atoms with Crippen LogP contribution < -0.4 is 10.6 Å². The third-order valence-electron chi connectivity index (χ3n) is 15.4. The first kappa shape index (κ1) is 70.9. The van der Waals surface area contributed by atoms with E-state index in [0.29, 0.717) is 38.3 Å². The van der Waals surface area contributed by atoms with Crippen LogP contribution in [0.3, 0.4) is 0 Å². The van der Waals surface area contributed by atoms with Gasteiger partial charge in [-0.3, -0.25) is 9.59 Å². The summed E-state index contributed by atoms with van der Waals surface area (Å²) in [6, 6.07) is 0. The lowest BCUT2D eigenvalue weighted by atomic mass is 10.0. The van der Waals surface area contributed by atoms with Crippen molar-refractivity contribution < 1.29 is 19.8 Å². The number of amides is 1. The number of carbonyl (C=O) groups excluding carboxylic acids is 2. The molecule has 8 heteroatoms. The highest BCUT2D eigenvalue weighted by Crippen LogP contribution is 2.17. The number of nitrogens with one attached hydrogen (secondary N) is 2. The molecule has 0 rings (SSSR count). The molecule has 0 aromatic carbocycles. The van der Waals surface area contributed by atoms with Crippen LogP contribution in [0.1, 0.15) is 329 Å². The van der Waals surface area contributed by atoms with Crippen LogP contribution in [0.15, 0.2) is 0 Å². The smallest absolute Gasteiger partial charge is 0.221 e. The van der Waals surface area contributed by atoms with Crippen molar-refractivity contribution in [3.8, 4) is 0 Å². The standard InChI is InChI=1S/C64H130N4O4/c1-5-9-13-17-21-25-27-28-31-35-38-44-54-67(59-62(70)50-42-41-49-61(69)48-40-36-32-29-23-19-15-11-7-3)56-46-47-57-68(55-45-39-34-30-26-22-18-14-10-6-2)60-63(71)58-65-53-51-64(72)66-52-43-37-33-24-20-16-12-8-4/h62-63,65,70-71H,5-60H2,1-4H3,(H,66,72). The normalized spacial score (nSPS) is 12.7. The fourth-order valence-electron chi connectivity index (χ4n) is 10.5. The van der Waals surface area contributed by atoms with Gasteiger partial charge in [-0.25, -0.2) is 0 Å². The number of Topliss-reactive ketones (excluding diaryl/α,β-unsaturated/α-hetero) is 1. The van der Waals surface area contributed by atoms with Crippen LogP contribution in [0, 0.1) is 0 Å². The topological polar surface area (TPSA) is 105 Å². The van der Waals surface area contributed by atoms with Gasteiger partial charge in [0, 0.05) is 52.0 Å². The fourth-order valence-corrected chi connectivity index (χ4v) is 10.5. The summed E-state index contributed by atoms with van der Waals surface area (Å²) in [5, 5.41) is 28.9. The van der Waals surface area contributed by atoms with Crippen LogP contribution >= 0.6 is 0 Å². The van der Waals surface area contributed by atoms with Crippen LogP contribution in [0.5, 0.6) is 0 Å². The van der Waals surface area contributed by atoms with Crippen molar-refractivity contribution in [2.45, 2.75) is 342 Å². The zero-order chi connectivity index (χ0) is 52.5. The van der Waals surface area contributed by atoms with Crippen LogP contribution in [-0.4, -0.2) is 103 Å². The largest absolute Gasteiger partial charge is 0.392 e. The first-order chi connectivity index (χ1) is 35.4. The summed E-state index contributed by atoms with van der Waals surface area (Å²) in [5.74, 6) is 0.519. The molecule has 72 heavy (non-hydrogen) atoms. The van der Waals surface area contributed by atoms with E-state index in [1.54, 1.807) is 0 Å². The second-order valence-corrected chi connectivity index (χ2v) is 22.8. The Kier molecular flexibility index (Phi) is 58.3. The second-order valence-electron chi connectivity index (χ2n) is 22.8. The van der Waals surface area contributed by atoms with Crippen molar-refractivity contribution in [3.05, 3.63) is 0 Å². The third kappa shape index (κ3) is 55.2. The van der Waals surface area contributed by atoms with E-state index in [-0.39, 0.29) is 12.0 Å². The van der Waals surface area contributed by atoms with Crippen LogP contribution in [-0.2, 0) is 9.59 Å². The molecule has 8 nitrogen and oxygen atoms in total. The Morgan fingerprint density at radius 1 is 0.347 bits per heavy atom. The summed E-state index contributed by atoms with van der Waals surface area (Å²) in [6.07, 6.45) is 57.0. The number of hydrogen-bond acceptors (Lipinski definition) is 7. The molecule has 0 heterocycles. The molecule has 0 aliphatic heterocycles. The number of nitrogens with zero attached hydrogens (tertiary/aromatic N) is 2. The van der Waals surface area contributed by atoms with Gasteiger partial charge in [0.2, 0.25) is 5.91 Å². The summed E-state index contributed by atoms with van der Waals surface area (Å²) >= 11 is 0. The number of hydrogen-bond donors (Lipinski definition) is 4. The predicted molar refractivity (Wildman–Crippen MR) is 315 cm³/mol. The van der Waals surface area contributed by atoms with Gasteiger partial charge in [-0.1, -0.05) is 259 Å². The Labute approximate surface area is 450 Å². The molecule has 0 saturated carbocycles. The Morgan fingerprint density at radius 2 is 0.653 bits per heavy atom. The molecule has 0 bridgehead atoms. The van der Waals surface area contributed by atoms with Crippen molar-refractivity contribution in [1.29, 1.82) is 0 Å². The molecule has 2 atom stereocenters. The monoisotopic (exact) mass is 1020 g/mol. The summed E-state index contributed by atoms with van der Waals surface area (Å²) in [4.78, 5) is 30.1. The Hall–Kier alpha value is -1.06. The average Bonchev–Trinajstić information content (AvgIpc) is 3.37. The molecule has 0 aromatic heterocycles. The molecule has 0 spiro atoms. The molecule has 0 radical (unpaired) electrons. The zero-order valence-corrected chi connectivity index (χ0v) is 49.4. The van der Waals surface area contributed by atoms with E-state index in [2.05, 4.69) is 48.1 Å². The van der Waals surface area contributed by atoms with Gasteiger partial charge in [0.1, 0.15) is 5.78 Å². The quantitative estimate of drug-likeness (QED) is 0.0450. The van der Waals surface area contributed by atoms with Gasteiger partial charge < -0.3 is 30.6 Å². The molecule has 1 amide bonds. The highest BCUT2D eigenvalue weighted by atomic mass is 16.3. The van der Waals surface area contributed by atoms with E-state index in [9.17, 15) is 19.8 Å². The maximum absolute atomic E-state index is 12.6. The molecule has 0 saturated heterocycles. The third-order valence-corrected chi connectivity index (χ3v) is 15.4. The van der Waals surface area contributed by atoms with E-state index in [1.165, 1.54) is 238 Å². The maximum atomic E-state index is 12.6. The lowest BCUT2D eigenvalue weighted by Gasteiger charge is -2.27. The Bertz CT molecular complexity index is 1080. The first-order valence-corrected chi connectivity index (χ1v) is 32.7. The highest BCUT2D eigenvalue weighted by molar-refractivity contribution is 5.78. The number of carbonyl (C=O) groups is 2. The van der Waals surface area contributed by atoms with Gasteiger partial charge >= 0.3 is 0 Å².